The summed E-state index contributed by atoms with van der Waals surface area (Å²) in [7, 11) is 1.49. The number of halogens is 1. The first-order valence-electron chi connectivity index (χ1n) is 11.0. The van der Waals surface area contributed by atoms with Crippen LogP contribution >= 0.6 is 11.6 Å². The highest BCUT2D eigenvalue weighted by Gasteiger charge is 2.34. The molecule has 4 rings (SSSR count). The molecule has 2 amide bonds. The van der Waals surface area contributed by atoms with Crippen molar-refractivity contribution in [2.24, 2.45) is 0 Å². The van der Waals surface area contributed by atoms with Crippen molar-refractivity contribution in [3.05, 3.63) is 87.9 Å². The molecule has 1 fully saturated rings. The van der Waals surface area contributed by atoms with Crippen molar-refractivity contribution in [3.8, 4) is 17.2 Å². The summed E-state index contributed by atoms with van der Waals surface area (Å²) < 4.78 is 17.0. The number of carbonyl (C=O) groups excluding carboxylic acids is 2. The van der Waals surface area contributed by atoms with Crippen molar-refractivity contribution in [2.45, 2.75) is 13.8 Å². The molecule has 1 heterocycles. The molecule has 1 saturated heterocycles. The number of hydrogen-bond acceptors (Lipinski definition) is 5. The maximum Gasteiger partial charge on any atom is 0.282 e. The molecule has 0 bridgehead atoms. The van der Waals surface area contributed by atoms with Crippen molar-refractivity contribution >= 4 is 35.2 Å². The minimum absolute atomic E-state index is 0.0116. The van der Waals surface area contributed by atoms with E-state index in [-0.39, 0.29) is 17.2 Å². The van der Waals surface area contributed by atoms with Gasteiger partial charge in [0.15, 0.2) is 11.5 Å². The van der Waals surface area contributed by atoms with Crippen molar-refractivity contribution in [3.63, 3.8) is 0 Å². The third kappa shape index (κ3) is 5.41. The lowest BCUT2D eigenvalue weighted by Gasteiger charge is -2.14. The van der Waals surface area contributed by atoms with Crippen LogP contribution in [0.25, 0.3) is 6.08 Å². The van der Waals surface area contributed by atoms with Crippen LogP contribution in [0.15, 0.2) is 66.2 Å². The van der Waals surface area contributed by atoms with E-state index in [1.165, 1.54) is 23.8 Å². The second-order valence-corrected chi connectivity index (χ2v) is 8.36. The second-order valence-electron chi connectivity index (χ2n) is 7.95. The quantitative estimate of drug-likeness (QED) is 0.275. The van der Waals surface area contributed by atoms with Crippen LogP contribution in [0, 0.1) is 13.8 Å². The number of aryl methyl sites for hydroxylation is 2. The van der Waals surface area contributed by atoms with Crippen LogP contribution in [0.3, 0.4) is 0 Å². The Morgan fingerprint density at radius 1 is 0.943 bits per heavy atom. The molecule has 3 aromatic carbocycles. The highest BCUT2D eigenvalue weighted by molar-refractivity contribution is 6.33. The summed E-state index contributed by atoms with van der Waals surface area (Å²) in [4.78, 5) is 25.3. The summed E-state index contributed by atoms with van der Waals surface area (Å²) >= 11 is 6.46. The zero-order valence-electron chi connectivity index (χ0n) is 19.6. The molecule has 0 saturated carbocycles. The third-order valence-corrected chi connectivity index (χ3v) is 5.83. The number of anilines is 1. The Labute approximate surface area is 208 Å². The molecule has 0 spiro atoms. The molecular formula is C27H25ClN2O5. The van der Waals surface area contributed by atoms with Gasteiger partial charge in [-0.3, -0.25) is 15.0 Å². The molecule has 1 aliphatic heterocycles. The van der Waals surface area contributed by atoms with Crippen LogP contribution < -0.4 is 24.6 Å². The van der Waals surface area contributed by atoms with Gasteiger partial charge in [-0.1, -0.05) is 35.9 Å². The molecule has 8 heteroatoms. The van der Waals surface area contributed by atoms with Crippen molar-refractivity contribution in [1.29, 1.82) is 0 Å². The van der Waals surface area contributed by atoms with E-state index in [9.17, 15) is 9.59 Å². The Hall–Kier alpha value is -3.97. The largest absolute Gasteiger partial charge is 0.493 e. The van der Waals surface area contributed by atoms with Crippen LogP contribution in [0.4, 0.5) is 5.69 Å². The summed E-state index contributed by atoms with van der Waals surface area (Å²) in [6.07, 6.45) is 1.47. The predicted molar refractivity (Wildman–Crippen MR) is 135 cm³/mol. The van der Waals surface area contributed by atoms with Crippen LogP contribution in [0.1, 0.15) is 16.7 Å². The number of carbonyl (C=O) groups is 2. The molecule has 1 aliphatic rings. The molecule has 0 aromatic heterocycles. The smallest absolute Gasteiger partial charge is 0.282 e. The number of hydrazine groups is 1. The molecule has 0 atom stereocenters. The van der Waals surface area contributed by atoms with Gasteiger partial charge in [-0.15, -0.1) is 0 Å². The van der Waals surface area contributed by atoms with E-state index < -0.39 is 11.8 Å². The van der Waals surface area contributed by atoms with E-state index in [1.54, 1.807) is 36.4 Å². The number of para-hydroxylation sites is 1. The van der Waals surface area contributed by atoms with E-state index in [4.69, 9.17) is 25.8 Å². The van der Waals surface area contributed by atoms with Crippen LogP contribution in [0.2, 0.25) is 5.02 Å². The van der Waals surface area contributed by atoms with Crippen molar-refractivity contribution < 1.29 is 23.8 Å². The predicted octanol–water partition coefficient (Wildman–Crippen LogP) is 4.88. The fourth-order valence-corrected chi connectivity index (χ4v) is 3.83. The lowest BCUT2D eigenvalue weighted by atomic mass is 10.1. The summed E-state index contributed by atoms with van der Waals surface area (Å²) in [6.45, 7) is 4.64. The zero-order valence-corrected chi connectivity index (χ0v) is 20.4. The average molecular weight is 493 g/mol. The minimum Gasteiger partial charge on any atom is -0.493 e. The Kier molecular flexibility index (Phi) is 7.27. The Bertz CT molecular complexity index is 1290. The standard InChI is InChI=1S/C27H25ClN2O5/c1-17-9-10-21(13-18(17)2)34-11-12-35-25-23(28)15-19(16-24(25)33-3)14-22-26(31)29-30(27(22)32)20-7-5-4-6-8-20/h4-10,13-16H,11-12H2,1-3H3,(H,29,31)/b22-14+. The van der Waals surface area contributed by atoms with Gasteiger partial charge in [0.1, 0.15) is 24.5 Å². The van der Waals surface area contributed by atoms with Gasteiger partial charge in [0.25, 0.3) is 11.8 Å². The molecule has 180 valence electrons. The molecule has 3 aromatic rings. The van der Waals surface area contributed by atoms with Gasteiger partial charge in [-0.2, -0.15) is 0 Å². The van der Waals surface area contributed by atoms with Crippen molar-refractivity contribution in [2.75, 3.05) is 25.3 Å². The maximum absolute atomic E-state index is 12.8. The highest BCUT2D eigenvalue weighted by atomic mass is 35.5. The summed E-state index contributed by atoms with van der Waals surface area (Å²) in [5, 5.41) is 1.49. The summed E-state index contributed by atoms with van der Waals surface area (Å²) in [5.74, 6) is 0.535. The number of rotatable bonds is 8. The topological polar surface area (TPSA) is 77.1 Å². The number of amides is 2. The van der Waals surface area contributed by atoms with Gasteiger partial charge >= 0.3 is 0 Å². The first-order chi connectivity index (χ1) is 16.9. The van der Waals surface area contributed by atoms with Gasteiger partial charge in [0.2, 0.25) is 0 Å². The summed E-state index contributed by atoms with van der Waals surface area (Å²) in [6, 6.07) is 18.0. The number of ether oxygens (including phenoxy) is 3. The normalized spacial score (nSPS) is 14.3. The SMILES string of the molecule is COc1cc(/C=C2\C(=O)NN(c3ccccc3)C2=O)cc(Cl)c1OCCOc1ccc(C)c(C)c1. The molecular weight excluding hydrogens is 468 g/mol. The Morgan fingerprint density at radius 3 is 2.40 bits per heavy atom. The minimum atomic E-state index is -0.502. The lowest BCUT2D eigenvalue weighted by Crippen LogP contribution is -2.35. The average Bonchev–Trinajstić information content (AvgIpc) is 3.13. The molecule has 35 heavy (non-hydrogen) atoms. The Balaban J connectivity index is 1.46. The first-order valence-corrected chi connectivity index (χ1v) is 11.4. The number of methoxy groups -OCH3 is 1. The van der Waals surface area contributed by atoms with E-state index >= 15 is 0 Å². The van der Waals surface area contributed by atoms with Gasteiger partial charge in [-0.25, -0.2) is 5.01 Å². The van der Waals surface area contributed by atoms with Gasteiger partial charge in [0.05, 0.1) is 17.8 Å². The molecule has 0 unspecified atom stereocenters. The van der Waals surface area contributed by atoms with E-state index in [1.807, 2.05) is 38.1 Å². The number of hydrogen-bond donors (Lipinski definition) is 1. The van der Waals surface area contributed by atoms with Gasteiger partial charge < -0.3 is 14.2 Å². The second kappa shape index (κ2) is 10.5. The lowest BCUT2D eigenvalue weighted by molar-refractivity contribution is -0.117. The monoisotopic (exact) mass is 492 g/mol. The van der Waals surface area contributed by atoms with Crippen LogP contribution in [-0.2, 0) is 9.59 Å². The maximum atomic E-state index is 12.8. The van der Waals surface area contributed by atoms with E-state index in [2.05, 4.69) is 5.43 Å². The first kappa shape index (κ1) is 24.2. The molecule has 0 radical (unpaired) electrons. The fraction of sp³-hybridized carbons (Fsp3) is 0.185. The summed E-state index contributed by atoms with van der Waals surface area (Å²) in [5.41, 5.74) is 6.01. The number of nitrogens with zero attached hydrogens (tertiary/aromatic N) is 1. The molecule has 7 nitrogen and oxygen atoms in total. The molecule has 1 N–H and O–H groups in total. The third-order valence-electron chi connectivity index (χ3n) is 5.55. The van der Waals surface area contributed by atoms with Crippen LogP contribution in [-0.4, -0.2) is 32.1 Å². The van der Waals surface area contributed by atoms with E-state index in [0.717, 1.165) is 11.3 Å². The molecule has 0 aliphatic carbocycles. The highest BCUT2D eigenvalue weighted by Crippen LogP contribution is 2.37. The Morgan fingerprint density at radius 2 is 1.69 bits per heavy atom. The van der Waals surface area contributed by atoms with Crippen LogP contribution in [0.5, 0.6) is 17.2 Å². The van der Waals surface area contributed by atoms with E-state index in [0.29, 0.717) is 29.4 Å². The number of nitrogens with one attached hydrogen (secondary N) is 1. The van der Waals surface area contributed by atoms with Crippen molar-refractivity contribution in [1.82, 2.24) is 5.43 Å². The fourth-order valence-electron chi connectivity index (χ4n) is 3.55. The van der Waals surface area contributed by atoms with Gasteiger partial charge in [-0.05, 0) is 73.0 Å². The zero-order chi connectivity index (χ0) is 24.9. The number of benzene rings is 3. The van der Waals surface area contributed by atoms with Gasteiger partial charge in [0, 0.05) is 0 Å².